The zero-order valence-electron chi connectivity index (χ0n) is 10.7. The first kappa shape index (κ1) is 16.4. The molecule has 0 unspecified atom stereocenters. The first-order chi connectivity index (χ1) is 10.1. The van der Waals surface area contributed by atoms with E-state index in [2.05, 4.69) is 0 Å². The van der Waals surface area contributed by atoms with Crippen LogP contribution in [0.3, 0.4) is 0 Å². The lowest BCUT2D eigenvalue weighted by Gasteiger charge is -2.12. The molecule has 0 aliphatic rings. The molecule has 2 N–H and O–H groups in total. The van der Waals surface area contributed by atoms with Gasteiger partial charge in [0, 0.05) is 10.7 Å². The third-order valence-corrected chi connectivity index (χ3v) is 4.27. The number of phenols is 1. The monoisotopic (exact) mass is 351 g/mol. The number of hydrogen-bond acceptors (Lipinski definition) is 3. The Morgan fingerprint density at radius 1 is 1.09 bits per heavy atom. The fraction of sp³-hybridized carbons (Fsp3) is 0.0769. The van der Waals surface area contributed by atoms with Gasteiger partial charge in [-0.15, -0.1) is 0 Å². The summed E-state index contributed by atoms with van der Waals surface area (Å²) in [5.74, 6) is -0.988. The highest BCUT2D eigenvalue weighted by Crippen LogP contribution is 2.37. The molecule has 0 amide bonds. The van der Waals surface area contributed by atoms with Gasteiger partial charge in [0.2, 0.25) is 0 Å². The number of alkyl halides is 3. The molecular weight excluding hydrogens is 343 g/mol. The molecule has 0 saturated heterocycles. The van der Waals surface area contributed by atoms with Crippen molar-refractivity contribution >= 4 is 27.3 Å². The molecule has 0 heterocycles. The van der Waals surface area contributed by atoms with Crippen LogP contribution in [0.4, 0.5) is 18.9 Å². The van der Waals surface area contributed by atoms with Gasteiger partial charge < -0.3 is 5.11 Å². The second kappa shape index (κ2) is 5.69. The van der Waals surface area contributed by atoms with Crippen molar-refractivity contribution in [3.63, 3.8) is 0 Å². The molecule has 0 aliphatic heterocycles. The van der Waals surface area contributed by atoms with Crippen molar-refractivity contribution in [1.82, 2.24) is 0 Å². The average molecular weight is 352 g/mol. The number of halogens is 4. The Morgan fingerprint density at radius 3 is 2.36 bits per heavy atom. The van der Waals surface area contributed by atoms with Gasteiger partial charge in [0.15, 0.2) is 0 Å². The van der Waals surface area contributed by atoms with Gasteiger partial charge in [-0.25, -0.2) is 8.42 Å². The number of sulfonamides is 1. The molecule has 118 valence electrons. The number of rotatable bonds is 3. The van der Waals surface area contributed by atoms with Gasteiger partial charge in [0.05, 0.1) is 10.5 Å². The summed E-state index contributed by atoms with van der Waals surface area (Å²) in [5.41, 5.74) is -1.66. The van der Waals surface area contributed by atoms with Crippen molar-refractivity contribution < 1.29 is 26.7 Å². The van der Waals surface area contributed by atoms with Crippen LogP contribution in [0.5, 0.6) is 5.75 Å². The molecule has 2 aromatic rings. The normalized spacial score (nSPS) is 12.2. The van der Waals surface area contributed by atoms with Gasteiger partial charge in [0.25, 0.3) is 10.0 Å². The summed E-state index contributed by atoms with van der Waals surface area (Å²) < 4.78 is 64.2. The smallest absolute Gasteiger partial charge is 0.420 e. The molecule has 2 rings (SSSR count). The summed E-state index contributed by atoms with van der Waals surface area (Å²) in [6, 6.07) is 7.56. The maximum absolute atomic E-state index is 12.7. The summed E-state index contributed by atoms with van der Waals surface area (Å²) in [4.78, 5) is -0.193. The van der Waals surface area contributed by atoms with E-state index in [1.165, 1.54) is 18.2 Å². The van der Waals surface area contributed by atoms with Crippen LogP contribution in [-0.4, -0.2) is 13.5 Å². The highest BCUT2D eigenvalue weighted by atomic mass is 35.5. The maximum atomic E-state index is 12.7. The van der Waals surface area contributed by atoms with E-state index in [0.717, 1.165) is 18.2 Å². The van der Waals surface area contributed by atoms with E-state index in [9.17, 15) is 26.7 Å². The van der Waals surface area contributed by atoms with Crippen LogP contribution in [0, 0.1) is 0 Å². The van der Waals surface area contributed by atoms with Crippen LogP contribution in [0.25, 0.3) is 0 Å². The fourth-order valence-corrected chi connectivity index (χ4v) is 3.02. The van der Waals surface area contributed by atoms with E-state index in [0.29, 0.717) is 6.07 Å². The lowest BCUT2D eigenvalue weighted by Crippen LogP contribution is -2.14. The molecule has 0 spiro atoms. The molecule has 9 heteroatoms. The molecule has 0 saturated carbocycles. The van der Waals surface area contributed by atoms with Crippen LogP contribution < -0.4 is 4.72 Å². The number of hydrogen-bond donors (Lipinski definition) is 2. The summed E-state index contributed by atoms with van der Waals surface area (Å²) in [6.07, 6.45) is -4.80. The van der Waals surface area contributed by atoms with Crippen LogP contribution >= 0.6 is 11.6 Å². The predicted octanol–water partition coefficient (Wildman–Crippen LogP) is 3.87. The molecule has 0 atom stereocenters. The Labute approximate surface area is 129 Å². The third kappa shape index (κ3) is 3.63. The summed E-state index contributed by atoms with van der Waals surface area (Å²) in [7, 11) is -4.09. The highest BCUT2D eigenvalue weighted by Gasteiger charge is 2.34. The van der Waals surface area contributed by atoms with E-state index in [-0.39, 0.29) is 15.6 Å². The Kier molecular flexibility index (Phi) is 4.25. The Balaban J connectivity index is 2.39. The third-order valence-electron chi connectivity index (χ3n) is 2.66. The largest absolute Gasteiger partial charge is 0.507 e. The lowest BCUT2D eigenvalue weighted by molar-refractivity contribution is -0.138. The standard InChI is InChI=1S/C13H9ClF3NO3S/c14-8-2-1-3-10(6-8)22(20,21)18-9-4-5-12(19)11(7-9)13(15,16)17/h1-7,18-19H. The second-order valence-corrected chi connectivity index (χ2v) is 6.41. The zero-order valence-corrected chi connectivity index (χ0v) is 12.3. The quantitative estimate of drug-likeness (QED) is 0.825. The first-order valence-corrected chi connectivity index (χ1v) is 7.64. The average Bonchev–Trinajstić information content (AvgIpc) is 2.39. The Hall–Kier alpha value is -1.93. The number of nitrogens with one attached hydrogen (secondary N) is 1. The summed E-state index contributed by atoms with van der Waals surface area (Å²) >= 11 is 5.69. The van der Waals surface area contributed by atoms with Crippen LogP contribution in [-0.2, 0) is 16.2 Å². The van der Waals surface area contributed by atoms with Crippen LogP contribution in [0.15, 0.2) is 47.4 Å². The van der Waals surface area contributed by atoms with E-state index in [1.807, 2.05) is 4.72 Å². The molecule has 22 heavy (non-hydrogen) atoms. The summed E-state index contributed by atoms with van der Waals surface area (Å²) in [5, 5.41) is 9.38. The fourth-order valence-electron chi connectivity index (χ4n) is 1.67. The maximum Gasteiger partial charge on any atom is 0.420 e. The topological polar surface area (TPSA) is 66.4 Å². The molecule has 0 radical (unpaired) electrons. The summed E-state index contributed by atoms with van der Waals surface area (Å²) in [6.45, 7) is 0. The SMILES string of the molecule is O=S(=O)(Nc1ccc(O)c(C(F)(F)F)c1)c1cccc(Cl)c1. The molecule has 0 aromatic heterocycles. The number of benzene rings is 2. The van der Waals surface area contributed by atoms with E-state index in [4.69, 9.17) is 11.6 Å². The van der Waals surface area contributed by atoms with Gasteiger partial charge in [-0.2, -0.15) is 13.2 Å². The van der Waals surface area contributed by atoms with E-state index >= 15 is 0 Å². The van der Waals surface area contributed by atoms with E-state index in [1.54, 1.807) is 0 Å². The van der Waals surface area contributed by atoms with E-state index < -0.39 is 27.5 Å². The second-order valence-electron chi connectivity index (χ2n) is 4.29. The van der Waals surface area contributed by atoms with Crippen molar-refractivity contribution in [2.24, 2.45) is 0 Å². The minimum atomic E-state index is -4.80. The number of aromatic hydroxyl groups is 1. The van der Waals surface area contributed by atoms with Gasteiger partial charge in [-0.3, -0.25) is 4.72 Å². The van der Waals surface area contributed by atoms with Crippen molar-refractivity contribution in [3.05, 3.63) is 53.1 Å². The van der Waals surface area contributed by atoms with Crippen LogP contribution in [0.2, 0.25) is 5.02 Å². The van der Waals surface area contributed by atoms with Crippen molar-refractivity contribution in [1.29, 1.82) is 0 Å². The Morgan fingerprint density at radius 2 is 1.77 bits per heavy atom. The van der Waals surface area contributed by atoms with Gasteiger partial charge in [0.1, 0.15) is 5.75 Å². The molecule has 2 aromatic carbocycles. The molecule has 0 fully saturated rings. The van der Waals surface area contributed by atoms with Gasteiger partial charge in [-0.05, 0) is 36.4 Å². The predicted molar refractivity (Wildman–Crippen MR) is 75.4 cm³/mol. The Bertz CT molecular complexity index is 806. The van der Waals surface area contributed by atoms with Crippen LogP contribution in [0.1, 0.15) is 5.56 Å². The van der Waals surface area contributed by atoms with Crippen molar-refractivity contribution in [3.8, 4) is 5.75 Å². The zero-order chi connectivity index (χ0) is 16.5. The number of phenolic OH excluding ortho intramolecular Hbond substituents is 1. The minimum Gasteiger partial charge on any atom is -0.507 e. The number of anilines is 1. The van der Waals surface area contributed by atoms with Gasteiger partial charge in [-0.1, -0.05) is 17.7 Å². The molecule has 0 aliphatic carbocycles. The molecule has 4 nitrogen and oxygen atoms in total. The first-order valence-electron chi connectivity index (χ1n) is 5.78. The van der Waals surface area contributed by atoms with Crippen molar-refractivity contribution in [2.75, 3.05) is 4.72 Å². The van der Waals surface area contributed by atoms with Crippen molar-refractivity contribution in [2.45, 2.75) is 11.1 Å². The minimum absolute atomic E-state index is 0.171. The molecular formula is C13H9ClF3NO3S. The molecule has 0 bridgehead atoms. The lowest BCUT2D eigenvalue weighted by atomic mass is 10.2. The highest BCUT2D eigenvalue weighted by molar-refractivity contribution is 7.92. The van der Waals surface area contributed by atoms with Gasteiger partial charge >= 0.3 is 6.18 Å².